The van der Waals surface area contributed by atoms with Gasteiger partial charge < -0.3 is 10.8 Å². The summed E-state index contributed by atoms with van der Waals surface area (Å²) in [5.74, 6) is 0. The van der Waals surface area contributed by atoms with Crippen LogP contribution in [0.3, 0.4) is 0 Å². The van der Waals surface area contributed by atoms with Crippen LogP contribution in [0.2, 0.25) is 0 Å². The van der Waals surface area contributed by atoms with Crippen LogP contribution in [0.4, 0.5) is 4.39 Å². The summed E-state index contributed by atoms with van der Waals surface area (Å²) in [6.07, 6.45) is -0.260. The molecule has 9 heavy (non-hydrogen) atoms. The van der Waals surface area contributed by atoms with Crippen molar-refractivity contribution in [2.75, 3.05) is 0 Å². The molecule has 3 heteroatoms. The van der Waals surface area contributed by atoms with Crippen LogP contribution in [0.5, 0.6) is 0 Å². The standard InChI is InChI=1S/C6H12FNO/c7-5-3-4(8)1-2-6(5)9/h4-6,9H,1-3,8H2/t4?,5-,6-/m1/s1. The van der Waals surface area contributed by atoms with Crippen molar-refractivity contribution >= 4 is 0 Å². The highest BCUT2D eigenvalue weighted by Gasteiger charge is 2.26. The van der Waals surface area contributed by atoms with E-state index in [2.05, 4.69) is 0 Å². The molecule has 0 aliphatic heterocycles. The average Bonchev–Trinajstić information content (AvgIpc) is 1.80. The molecule has 54 valence electrons. The Morgan fingerprint density at radius 1 is 1.44 bits per heavy atom. The Bertz CT molecular complexity index is 99.1. The first-order valence-electron chi connectivity index (χ1n) is 3.28. The largest absolute Gasteiger partial charge is 0.390 e. The maximum absolute atomic E-state index is 12.5. The predicted octanol–water partition coefficient (Wildman–Crippen LogP) is 0.197. The topological polar surface area (TPSA) is 46.2 Å². The molecule has 1 aliphatic carbocycles. The lowest BCUT2D eigenvalue weighted by molar-refractivity contribution is 0.0378. The van der Waals surface area contributed by atoms with Gasteiger partial charge in [0.2, 0.25) is 0 Å². The number of hydrogen-bond acceptors (Lipinski definition) is 2. The van der Waals surface area contributed by atoms with Gasteiger partial charge in [-0.3, -0.25) is 0 Å². The fourth-order valence-corrected chi connectivity index (χ4v) is 1.13. The molecule has 0 bridgehead atoms. The number of aliphatic hydroxyl groups excluding tert-OH is 1. The molecule has 1 saturated carbocycles. The van der Waals surface area contributed by atoms with Gasteiger partial charge >= 0.3 is 0 Å². The second-order valence-electron chi connectivity index (χ2n) is 2.66. The minimum Gasteiger partial charge on any atom is -0.390 e. The van der Waals surface area contributed by atoms with Gasteiger partial charge in [0.25, 0.3) is 0 Å². The van der Waals surface area contributed by atoms with Gasteiger partial charge in [0, 0.05) is 6.04 Å². The number of hydrogen-bond donors (Lipinski definition) is 2. The number of aliphatic hydroxyl groups is 1. The van der Waals surface area contributed by atoms with E-state index >= 15 is 0 Å². The summed E-state index contributed by atoms with van der Waals surface area (Å²) in [5.41, 5.74) is 5.44. The van der Waals surface area contributed by atoms with E-state index in [0.29, 0.717) is 12.8 Å². The van der Waals surface area contributed by atoms with E-state index in [9.17, 15) is 4.39 Å². The lowest BCUT2D eigenvalue weighted by Crippen LogP contribution is -2.37. The van der Waals surface area contributed by atoms with E-state index in [1.807, 2.05) is 0 Å². The molecule has 3 N–H and O–H groups in total. The van der Waals surface area contributed by atoms with Crippen molar-refractivity contribution in [2.24, 2.45) is 5.73 Å². The molecule has 0 aromatic heterocycles. The lowest BCUT2D eigenvalue weighted by Gasteiger charge is -2.25. The first-order valence-corrected chi connectivity index (χ1v) is 3.28. The van der Waals surface area contributed by atoms with Crippen molar-refractivity contribution in [3.63, 3.8) is 0 Å². The molecule has 1 rings (SSSR count). The Morgan fingerprint density at radius 3 is 2.56 bits per heavy atom. The van der Waals surface area contributed by atoms with Crippen LogP contribution in [0, 0.1) is 0 Å². The fraction of sp³-hybridized carbons (Fsp3) is 1.00. The van der Waals surface area contributed by atoms with Crippen molar-refractivity contribution in [3.05, 3.63) is 0 Å². The molecule has 3 atom stereocenters. The number of alkyl halides is 1. The fourth-order valence-electron chi connectivity index (χ4n) is 1.13. The summed E-state index contributed by atoms with van der Waals surface area (Å²) in [6.45, 7) is 0. The normalized spacial score (nSPS) is 45.0. The number of halogens is 1. The van der Waals surface area contributed by atoms with Crippen molar-refractivity contribution in [1.82, 2.24) is 0 Å². The van der Waals surface area contributed by atoms with Gasteiger partial charge in [0.1, 0.15) is 6.17 Å². The highest BCUT2D eigenvalue weighted by molar-refractivity contribution is 4.80. The summed E-state index contributed by atoms with van der Waals surface area (Å²) < 4.78 is 12.5. The molecule has 0 aromatic carbocycles. The van der Waals surface area contributed by atoms with E-state index in [-0.39, 0.29) is 6.04 Å². The van der Waals surface area contributed by atoms with Crippen LogP contribution >= 0.6 is 0 Å². The maximum atomic E-state index is 12.5. The van der Waals surface area contributed by atoms with Gasteiger partial charge in [0.15, 0.2) is 0 Å². The highest BCUT2D eigenvalue weighted by Crippen LogP contribution is 2.19. The van der Waals surface area contributed by atoms with E-state index in [1.54, 1.807) is 0 Å². The Morgan fingerprint density at radius 2 is 2.11 bits per heavy atom. The zero-order valence-corrected chi connectivity index (χ0v) is 5.26. The Balaban J connectivity index is 2.35. The van der Waals surface area contributed by atoms with Gasteiger partial charge in [-0.25, -0.2) is 4.39 Å². The summed E-state index contributed by atoms with van der Waals surface area (Å²) >= 11 is 0. The van der Waals surface area contributed by atoms with Crippen molar-refractivity contribution in [3.8, 4) is 0 Å². The quantitative estimate of drug-likeness (QED) is 0.495. The van der Waals surface area contributed by atoms with Gasteiger partial charge in [0.05, 0.1) is 6.10 Å². The molecule has 2 nitrogen and oxygen atoms in total. The van der Waals surface area contributed by atoms with Crippen LogP contribution in [0.15, 0.2) is 0 Å². The van der Waals surface area contributed by atoms with E-state index in [4.69, 9.17) is 10.8 Å². The zero-order chi connectivity index (χ0) is 6.85. The highest BCUT2D eigenvalue weighted by atomic mass is 19.1. The van der Waals surface area contributed by atoms with Crippen LogP contribution in [0.25, 0.3) is 0 Å². The van der Waals surface area contributed by atoms with Crippen LogP contribution in [0.1, 0.15) is 19.3 Å². The molecule has 1 unspecified atom stereocenters. The molecule has 1 fully saturated rings. The van der Waals surface area contributed by atoms with E-state index in [0.717, 1.165) is 6.42 Å². The number of nitrogens with two attached hydrogens (primary N) is 1. The molecular formula is C6H12FNO. The third-order valence-corrected chi connectivity index (χ3v) is 1.78. The second kappa shape index (κ2) is 2.62. The molecule has 0 heterocycles. The molecule has 0 amide bonds. The summed E-state index contributed by atoms with van der Waals surface area (Å²) in [7, 11) is 0. The Hall–Kier alpha value is -0.150. The Kier molecular flexibility index (Phi) is 2.03. The van der Waals surface area contributed by atoms with E-state index < -0.39 is 12.3 Å². The molecule has 0 aromatic rings. The third-order valence-electron chi connectivity index (χ3n) is 1.78. The molecular weight excluding hydrogens is 121 g/mol. The van der Waals surface area contributed by atoms with Gasteiger partial charge in [-0.05, 0) is 19.3 Å². The SMILES string of the molecule is NC1CC[C@@H](O)[C@H](F)C1. The monoisotopic (exact) mass is 133 g/mol. The minimum atomic E-state index is -1.09. The minimum absolute atomic E-state index is 0.0385. The van der Waals surface area contributed by atoms with Gasteiger partial charge in [-0.1, -0.05) is 0 Å². The zero-order valence-electron chi connectivity index (χ0n) is 5.26. The molecule has 0 saturated heterocycles. The third kappa shape index (κ3) is 1.63. The molecule has 1 aliphatic rings. The lowest BCUT2D eigenvalue weighted by atomic mass is 9.92. The van der Waals surface area contributed by atoms with Crippen molar-refractivity contribution in [2.45, 2.75) is 37.6 Å². The maximum Gasteiger partial charge on any atom is 0.127 e. The smallest absolute Gasteiger partial charge is 0.127 e. The van der Waals surface area contributed by atoms with Gasteiger partial charge in [-0.15, -0.1) is 0 Å². The second-order valence-corrected chi connectivity index (χ2v) is 2.66. The first kappa shape index (κ1) is 6.96. The summed E-state index contributed by atoms with van der Waals surface area (Å²) in [4.78, 5) is 0. The average molecular weight is 133 g/mol. The Labute approximate surface area is 53.9 Å². The van der Waals surface area contributed by atoms with Gasteiger partial charge in [-0.2, -0.15) is 0 Å². The summed E-state index contributed by atoms with van der Waals surface area (Å²) in [5, 5.41) is 8.86. The van der Waals surface area contributed by atoms with Crippen molar-refractivity contribution < 1.29 is 9.50 Å². The first-order chi connectivity index (χ1) is 4.20. The number of rotatable bonds is 0. The molecule has 0 radical (unpaired) electrons. The molecule has 0 spiro atoms. The summed E-state index contributed by atoms with van der Waals surface area (Å²) in [6, 6.07) is -0.0385. The van der Waals surface area contributed by atoms with Crippen molar-refractivity contribution in [1.29, 1.82) is 0 Å². The predicted molar refractivity (Wildman–Crippen MR) is 32.7 cm³/mol. The van der Waals surface area contributed by atoms with Crippen LogP contribution in [-0.4, -0.2) is 23.4 Å². The van der Waals surface area contributed by atoms with Crippen LogP contribution in [-0.2, 0) is 0 Å². The van der Waals surface area contributed by atoms with E-state index in [1.165, 1.54) is 0 Å². The van der Waals surface area contributed by atoms with Crippen LogP contribution < -0.4 is 5.73 Å².